The van der Waals surface area contributed by atoms with E-state index in [0.29, 0.717) is 24.2 Å². The molecule has 1 aromatic carbocycles. The van der Waals surface area contributed by atoms with Crippen molar-refractivity contribution >= 4 is 17.3 Å². The van der Waals surface area contributed by atoms with Crippen LogP contribution in [0.1, 0.15) is 18.4 Å². The lowest BCUT2D eigenvalue weighted by molar-refractivity contribution is -0.384. The molecule has 0 aromatic heterocycles. The summed E-state index contributed by atoms with van der Waals surface area (Å²) in [6.07, 6.45) is 2.24. The molecule has 0 bridgehead atoms. The van der Waals surface area contributed by atoms with E-state index in [1.807, 2.05) is 0 Å². The van der Waals surface area contributed by atoms with E-state index in [2.05, 4.69) is 4.90 Å². The largest absolute Gasteiger partial charge is 0.395 e. The van der Waals surface area contributed by atoms with Crippen molar-refractivity contribution in [2.75, 3.05) is 13.2 Å². The third-order valence-electron chi connectivity index (χ3n) is 3.06. The van der Waals surface area contributed by atoms with Gasteiger partial charge >= 0.3 is 0 Å². The molecule has 1 aliphatic rings. The maximum atomic E-state index is 10.7. The summed E-state index contributed by atoms with van der Waals surface area (Å²) in [6, 6.07) is 4.94. The zero-order valence-electron chi connectivity index (χ0n) is 9.88. The van der Waals surface area contributed by atoms with Gasteiger partial charge in [-0.2, -0.15) is 0 Å². The molecule has 0 atom stereocenters. The molecule has 98 valence electrons. The summed E-state index contributed by atoms with van der Waals surface area (Å²) in [5.41, 5.74) is 0.792. The topological polar surface area (TPSA) is 66.6 Å². The van der Waals surface area contributed by atoms with Crippen LogP contribution < -0.4 is 0 Å². The summed E-state index contributed by atoms with van der Waals surface area (Å²) in [6.45, 7) is 1.21. The number of non-ortho nitro benzene ring substituents is 1. The lowest BCUT2D eigenvalue weighted by atomic mass is 10.2. The van der Waals surface area contributed by atoms with Gasteiger partial charge in [-0.25, -0.2) is 0 Å². The Morgan fingerprint density at radius 3 is 2.78 bits per heavy atom. The lowest BCUT2D eigenvalue weighted by Crippen LogP contribution is -2.28. The fourth-order valence-electron chi connectivity index (χ4n) is 1.97. The Morgan fingerprint density at radius 2 is 2.22 bits per heavy atom. The van der Waals surface area contributed by atoms with Crippen molar-refractivity contribution < 1.29 is 10.0 Å². The minimum Gasteiger partial charge on any atom is -0.395 e. The first-order valence-electron chi connectivity index (χ1n) is 5.89. The van der Waals surface area contributed by atoms with Gasteiger partial charge in [0.2, 0.25) is 0 Å². The van der Waals surface area contributed by atoms with Crippen LogP contribution >= 0.6 is 11.6 Å². The van der Waals surface area contributed by atoms with E-state index in [-0.39, 0.29) is 12.3 Å². The monoisotopic (exact) mass is 270 g/mol. The standard InChI is InChI=1S/C12H15ClN2O3/c13-12-4-3-11(15(17)18)7-9(12)8-14(5-6-16)10-1-2-10/h3-4,7,10,16H,1-2,5-6,8H2. The minimum absolute atomic E-state index is 0.0501. The summed E-state index contributed by atoms with van der Waals surface area (Å²) in [7, 11) is 0. The summed E-state index contributed by atoms with van der Waals surface area (Å²) >= 11 is 6.06. The molecular weight excluding hydrogens is 256 g/mol. The number of benzene rings is 1. The van der Waals surface area contributed by atoms with Crippen molar-refractivity contribution in [2.24, 2.45) is 0 Å². The molecule has 0 unspecified atom stereocenters. The summed E-state index contributed by atoms with van der Waals surface area (Å²) in [4.78, 5) is 12.4. The first-order valence-corrected chi connectivity index (χ1v) is 6.27. The number of nitro benzene ring substituents is 1. The predicted molar refractivity (Wildman–Crippen MR) is 68.6 cm³/mol. The second kappa shape index (κ2) is 5.65. The van der Waals surface area contributed by atoms with Gasteiger partial charge < -0.3 is 5.11 Å². The van der Waals surface area contributed by atoms with E-state index < -0.39 is 4.92 Å². The average Bonchev–Trinajstić information content (AvgIpc) is 3.14. The van der Waals surface area contributed by atoms with Crippen molar-refractivity contribution in [2.45, 2.75) is 25.4 Å². The number of halogens is 1. The first-order chi connectivity index (χ1) is 8.61. The van der Waals surface area contributed by atoms with Gasteiger partial charge in [-0.3, -0.25) is 15.0 Å². The normalized spacial score (nSPS) is 15.1. The van der Waals surface area contributed by atoms with Crippen LogP contribution in [-0.2, 0) is 6.54 Å². The maximum absolute atomic E-state index is 10.7. The van der Waals surface area contributed by atoms with E-state index in [0.717, 1.165) is 18.4 Å². The summed E-state index contributed by atoms with van der Waals surface area (Å²) < 4.78 is 0. The second-order valence-electron chi connectivity index (χ2n) is 4.46. The van der Waals surface area contributed by atoms with Crippen LogP contribution in [0.2, 0.25) is 5.02 Å². The fraction of sp³-hybridized carbons (Fsp3) is 0.500. The Balaban J connectivity index is 2.15. The SMILES string of the molecule is O=[N+]([O-])c1ccc(Cl)c(CN(CCO)C2CC2)c1. The van der Waals surface area contributed by atoms with Gasteiger partial charge in [0.25, 0.3) is 5.69 Å². The number of hydrogen-bond donors (Lipinski definition) is 1. The molecule has 1 N–H and O–H groups in total. The molecule has 0 radical (unpaired) electrons. The van der Waals surface area contributed by atoms with Gasteiger partial charge in [-0.1, -0.05) is 11.6 Å². The zero-order valence-corrected chi connectivity index (χ0v) is 10.6. The predicted octanol–water partition coefficient (Wildman–Crippen LogP) is 2.20. The molecule has 0 heterocycles. The van der Waals surface area contributed by atoms with Gasteiger partial charge in [-0.05, 0) is 24.5 Å². The Labute approximate surface area is 110 Å². The smallest absolute Gasteiger partial charge is 0.269 e. The van der Waals surface area contributed by atoms with E-state index in [1.165, 1.54) is 12.1 Å². The highest BCUT2D eigenvalue weighted by Gasteiger charge is 2.29. The molecular formula is C12H15ClN2O3. The third-order valence-corrected chi connectivity index (χ3v) is 3.43. The van der Waals surface area contributed by atoms with Crippen molar-refractivity contribution in [3.8, 4) is 0 Å². The second-order valence-corrected chi connectivity index (χ2v) is 4.87. The van der Waals surface area contributed by atoms with Crippen molar-refractivity contribution in [1.29, 1.82) is 0 Å². The molecule has 2 rings (SSSR count). The van der Waals surface area contributed by atoms with E-state index in [4.69, 9.17) is 16.7 Å². The Hall–Kier alpha value is -1.17. The van der Waals surface area contributed by atoms with Crippen LogP contribution in [-0.4, -0.2) is 34.1 Å². The highest BCUT2D eigenvalue weighted by atomic mass is 35.5. The molecule has 0 amide bonds. The molecule has 1 fully saturated rings. The van der Waals surface area contributed by atoms with Gasteiger partial charge in [0.1, 0.15) is 0 Å². The van der Waals surface area contributed by atoms with E-state index in [1.54, 1.807) is 6.07 Å². The third kappa shape index (κ3) is 3.19. The highest BCUT2D eigenvalue weighted by molar-refractivity contribution is 6.31. The fourth-order valence-corrected chi connectivity index (χ4v) is 2.15. The Morgan fingerprint density at radius 1 is 1.50 bits per heavy atom. The number of nitrogens with zero attached hydrogens (tertiary/aromatic N) is 2. The molecule has 5 nitrogen and oxygen atoms in total. The molecule has 1 aliphatic carbocycles. The number of nitro groups is 1. The quantitative estimate of drug-likeness (QED) is 0.636. The Kier molecular flexibility index (Phi) is 4.16. The van der Waals surface area contributed by atoms with Crippen LogP contribution in [0.25, 0.3) is 0 Å². The molecule has 1 saturated carbocycles. The molecule has 0 spiro atoms. The minimum atomic E-state index is -0.423. The number of aliphatic hydroxyl groups excluding tert-OH is 1. The lowest BCUT2D eigenvalue weighted by Gasteiger charge is -2.21. The van der Waals surface area contributed by atoms with Crippen LogP contribution in [0.5, 0.6) is 0 Å². The number of rotatable bonds is 6. The first kappa shape index (κ1) is 13.3. The zero-order chi connectivity index (χ0) is 13.1. The Bertz CT molecular complexity index is 449. The van der Waals surface area contributed by atoms with Gasteiger partial charge in [0, 0.05) is 36.3 Å². The molecule has 6 heteroatoms. The average molecular weight is 271 g/mol. The van der Waals surface area contributed by atoms with Crippen LogP contribution in [0.15, 0.2) is 18.2 Å². The maximum Gasteiger partial charge on any atom is 0.269 e. The number of aliphatic hydroxyl groups is 1. The molecule has 0 saturated heterocycles. The van der Waals surface area contributed by atoms with E-state index >= 15 is 0 Å². The molecule has 1 aromatic rings. The van der Waals surface area contributed by atoms with Crippen molar-refractivity contribution in [3.63, 3.8) is 0 Å². The van der Waals surface area contributed by atoms with Crippen molar-refractivity contribution in [1.82, 2.24) is 4.90 Å². The molecule has 18 heavy (non-hydrogen) atoms. The number of hydrogen-bond acceptors (Lipinski definition) is 4. The summed E-state index contributed by atoms with van der Waals surface area (Å²) in [5.74, 6) is 0. The molecule has 0 aliphatic heterocycles. The van der Waals surface area contributed by atoms with Gasteiger partial charge in [0.15, 0.2) is 0 Å². The summed E-state index contributed by atoms with van der Waals surface area (Å²) in [5, 5.41) is 20.3. The highest BCUT2D eigenvalue weighted by Crippen LogP contribution is 2.30. The van der Waals surface area contributed by atoms with Gasteiger partial charge in [0.05, 0.1) is 11.5 Å². The van der Waals surface area contributed by atoms with Crippen molar-refractivity contribution in [3.05, 3.63) is 38.9 Å². The van der Waals surface area contributed by atoms with E-state index in [9.17, 15) is 10.1 Å². The van der Waals surface area contributed by atoms with Crippen LogP contribution in [0.4, 0.5) is 5.69 Å². The van der Waals surface area contributed by atoms with Gasteiger partial charge in [-0.15, -0.1) is 0 Å². The van der Waals surface area contributed by atoms with Crippen LogP contribution in [0, 0.1) is 10.1 Å². The van der Waals surface area contributed by atoms with Crippen LogP contribution in [0.3, 0.4) is 0 Å².